The highest BCUT2D eigenvalue weighted by atomic mass is 16.5. The molecule has 1 rings (SSSR count). The summed E-state index contributed by atoms with van der Waals surface area (Å²) in [6.07, 6.45) is 0.961. The smallest absolute Gasteiger partial charge is 0.333 e. The van der Waals surface area contributed by atoms with Crippen molar-refractivity contribution in [1.29, 1.82) is 0 Å². The zero-order valence-corrected chi connectivity index (χ0v) is 10.8. The van der Waals surface area contributed by atoms with Gasteiger partial charge in [0.15, 0.2) is 0 Å². The first-order valence-electron chi connectivity index (χ1n) is 5.81. The van der Waals surface area contributed by atoms with E-state index in [9.17, 15) is 9.59 Å². The van der Waals surface area contributed by atoms with E-state index in [1.54, 1.807) is 19.1 Å². The average molecular weight is 264 g/mol. The first kappa shape index (κ1) is 14.7. The molecule has 2 N–H and O–H groups in total. The number of esters is 1. The van der Waals surface area contributed by atoms with Crippen LogP contribution in [0.2, 0.25) is 0 Å². The molecule has 0 aromatic carbocycles. The summed E-state index contributed by atoms with van der Waals surface area (Å²) in [5.41, 5.74) is 0.724. The predicted octanol–water partition coefficient (Wildman–Crippen LogP) is 1.72. The quantitative estimate of drug-likeness (QED) is 0.601. The first-order valence-corrected chi connectivity index (χ1v) is 5.81. The molecule has 1 aromatic rings. The van der Waals surface area contributed by atoms with E-state index in [1.165, 1.54) is 6.20 Å². The van der Waals surface area contributed by atoms with Crippen molar-refractivity contribution in [3.05, 3.63) is 35.7 Å². The number of aromatic nitrogens is 1. The summed E-state index contributed by atoms with van der Waals surface area (Å²) in [5.74, 6) is -1.23. The highest BCUT2D eigenvalue weighted by Crippen LogP contribution is 2.08. The van der Waals surface area contributed by atoms with Crippen molar-refractivity contribution in [2.45, 2.75) is 20.3 Å². The summed E-state index contributed by atoms with van der Waals surface area (Å²) in [6.45, 7) is 3.71. The zero-order valence-electron chi connectivity index (χ0n) is 10.8. The molecule has 6 heteroatoms. The molecule has 0 atom stereocenters. The van der Waals surface area contributed by atoms with Crippen LogP contribution in [0.4, 0.5) is 5.82 Å². The molecular formula is C13H16N2O4. The molecular weight excluding hydrogens is 248 g/mol. The van der Waals surface area contributed by atoms with Crippen molar-refractivity contribution in [2.24, 2.45) is 0 Å². The SMILES string of the molecule is CCOC(=O)C/C(=C/Nc1cccc(C)n1)C(=O)O. The molecule has 1 heterocycles. The highest BCUT2D eigenvalue weighted by Gasteiger charge is 2.13. The lowest BCUT2D eigenvalue weighted by Gasteiger charge is -2.05. The number of carboxylic acids is 1. The molecule has 0 unspecified atom stereocenters. The Morgan fingerprint density at radius 2 is 2.21 bits per heavy atom. The minimum atomic E-state index is -1.17. The minimum absolute atomic E-state index is 0.0817. The summed E-state index contributed by atoms with van der Waals surface area (Å²) in [7, 11) is 0. The Bertz CT molecular complexity index is 497. The van der Waals surface area contributed by atoms with Crippen molar-refractivity contribution in [3.63, 3.8) is 0 Å². The molecule has 0 aliphatic rings. The Kier molecular flexibility index (Phi) is 5.53. The summed E-state index contributed by atoms with van der Waals surface area (Å²) in [4.78, 5) is 26.4. The van der Waals surface area contributed by atoms with Gasteiger partial charge in [-0.2, -0.15) is 0 Å². The third-order valence-electron chi connectivity index (χ3n) is 2.20. The minimum Gasteiger partial charge on any atom is -0.478 e. The van der Waals surface area contributed by atoms with E-state index in [1.807, 2.05) is 13.0 Å². The zero-order chi connectivity index (χ0) is 14.3. The molecule has 0 spiro atoms. The van der Waals surface area contributed by atoms with E-state index < -0.39 is 11.9 Å². The van der Waals surface area contributed by atoms with Crippen LogP contribution in [0, 0.1) is 6.92 Å². The monoisotopic (exact) mass is 264 g/mol. The van der Waals surface area contributed by atoms with Crippen molar-refractivity contribution < 1.29 is 19.4 Å². The van der Waals surface area contributed by atoms with Gasteiger partial charge < -0.3 is 15.2 Å². The lowest BCUT2D eigenvalue weighted by molar-refractivity contribution is -0.144. The van der Waals surface area contributed by atoms with E-state index in [0.717, 1.165) is 5.69 Å². The molecule has 0 radical (unpaired) electrons. The maximum atomic E-state index is 11.3. The van der Waals surface area contributed by atoms with Crippen LogP contribution in [0.15, 0.2) is 30.0 Å². The Hall–Kier alpha value is -2.37. The number of nitrogens with one attached hydrogen (secondary N) is 1. The van der Waals surface area contributed by atoms with Crippen LogP contribution in [-0.2, 0) is 14.3 Å². The van der Waals surface area contributed by atoms with Gasteiger partial charge in [-0.3, -0.25) is 4.79 Å². The number of carboxylic acid groups (broad SMARTS) is 1. The van der Waals surface area contributed by atoms with Crippen molar-refractivity contribution in [1.82, 2.24) is 4.98 Å². The molecule has 0 saturated carbocycles. The Morgan fingerprint density at radius 3 is 2.79 bits per heavy atom. The van der Waals surface area contributed by atoms with E-state index in [4.69, 9.17) is 9.84 Å². The molecule has 0 amide bonds. The third kappa shape index (κ3) is 5.20. The summed E-state index contributed by atoms with van der Waals surface area (Å²) in [5, 5.41) is 11.7. The van der Waals surface area contributed by atoms with Gasteiger partial charge in [0.1, 0.15) is 5.82 Å². The summed E-state index contributed by atoms with van der Waals surface area (Å²) >= 11 is 0. The fraction of sp³-hybridized carbons (Fsp3) is 0.308. The number of ether oxygens (including phenoxy) is 1. The van der Waals surface area contributed by atoms with Crippen LogP contribution in [0.1, 0.15) is 19.0 Å². The van der Waals surface area contributed by atoms with Crippen LogP contribution in [0.3, 0.4) is 0 Å². The number of aryl methyl sites for hydroxylation is 1. The summed E-state index contributed by atoms with van der Waals surface area (Å²) in [6, 6.07) is 5.32. The number of carbonyl (C=O) groups is 2. The number of pyridine rings is 1. The number of carbonyl (C=O) groups excluding carboxylic acids is 1. The number of hydrogen-bond donors (Lipinski definition) is 2. The fourth-order valence-electron chi connectivity index (χ4n) is 1.34. The van der Waals surface area contributed by atoms with Crippen LogP contribution in [-0.4, -0.2) is 28.6 Å². The fourth-order valence-corrected chi connectivity index (χ4v) is 1.34. The molecule has 1 aromatic heterocycles. The second kappa shape index (κ2) is 7.15. The van der Waals surface area contributed by atoms with E-state index in [-0.39, 0.29) is 18.6 Å². The van der Waals surface area contributed by atoms with Crippen LogP contribution < -0.4 is 5.32 Å². The van der Waals surface area contributed by atoms with Gasteiger partial charge in [-0.05, 0) is 26.0 Å². The maximum absolute atomic E-state index is 11.3. The lowest BCUT2D eigenvalue weighted by atomic mass is 10.2. The molecule has 0 aliphatic carbocycles. The summed E-state index contributed by atoms with van der Waals surface area (Å²) < 4.78 is 4.71. The van der Waals surface area contributed by atoms with Crippen LogP contribution in [0.25, 0.3) is 0 Å². The van der Waals surface area contributed by atoms with E-state index >= 15 is 0 Å². The Balaban J connectivity index is 2.73. The van der Waals surface area contributed by atoms with E-state index in [2.05, 4.69) is 10.3 Å². The van der Waals surface area contributed by atoms with Crippen molar-refractivity contribution in [2.75, 3.05) is 11.9 Å². The van der Waals surface area contributed by atoms with Crippen molar-refractivity contribution in [3.8, 4) is 0 Å². The highest BCUT2D eigenvalue weighted by molar-refractivity contribution is 5.92. The van der Waals surface area contributed by atoms with Gasteiger partial charge in [-0.25, -0.2) is 9.78 Å². The van der Waals surface area contributed by atoms with Gasteiger partial charge in [-0.15, -0.1) is 0 Å². The molecule has 0 bridgehead atoms. The number of hydrogen-bond acceptors (Lipinski definition) is 5. The largest absolute Gasteiger partial charge is 0.478 e. The topological polar surface area (TPSA) is 88.5 Å². The first-order chi connectivity index (χ1) is 9.02. The molecule has 0 aliphatic heterocycles. The lowest BCUT2D eigenvalue weighted by Crippen LogP contribution is -2.12. The van der Waals surface area contributed by atoms with Crippen molar-refractivity contribution >= 4 is 17.8 Å². The van der Waals surface area contributed by atoms with Gasteiger partial charge in [0.25, 0.3) is 0 Å². The maximum Gasteiger partial charge on any atom is 0.333 e. The number of aliphatic carboxylic acids is 1. The average Bonchev–Trinajstić information content (AvgIpc) is 2.34. The van der Waals surface area contributed by atoms with Crippen LogP contribution in [0.5, 0.6) is 0 Å². The van der Waals surface area contributed by atoms with Gasteiger partial charge >= 0.3 is 11.9 Å². The van der Waals surface area contributed by atoms with Gasteiger partial charge in [0, 0.05) is 11.9 Å². The Labute approximate surface area is 111 Å². The standard InChI is InChI=1S/C13H16N2O4/c1-3-19-12(16)7-10(13(17)18)8-14-11-6-4-5-9(2)15-11/h4-6,8H,3,7H2,1-2H3,(H,14,15)(H,17,18)/b10-8-. The Morgan fingerprint density at radius 1 is 1.47 bits per heavy atom. The number of nitrogens with zero attached hydrogens (tertiary/aromatic N) is 1. The molecule has 19 heavy (non-hydrogen) atoms. The van der Waals surface area contributed by atoms with E-state index in [0.29, 0.717) is 5.82 Å². The number of rotatable bonds is 6. The predicted molar refractivity (Wildman–Crippen MR) is 69.6 cm³/mol. The van der Waals surface area contributed by atoms with Gasteiger partial charge in [-0.1, -0.05) is 6.07 Å². The molecule has 6 nitrogen and oxygen atoms in total. The second-order valence-corrected chi connectivity index (χ2v) is 3.77. The third-order valence-corrected chi connectivity index (χ3v) is 2.20. The molecule has 102 valence electrons. The van der Waals surface area contributed by atoms with Crippen LogP contribution >= 0.6 is 0 Å². The second-order valence-electron chi connectivity index (χ2n) is 3.77. The molecule has 0 fully saturated rings. The normalized spacial score (nSPS) is 10.9. The number of anilines is 1. The van der Waals surface area contributed by atoms with Gasteiger partial charge in [0.2, 0.25) is 0 Å². The molecule has 0 saturated heterocycles. The van der Waals surface area contributed by atoms with Gasteiger partial charge in [0.05, 0.1) is 18.6 Å².